The predicted molar refractivity (Wildman–Crippen MR) is 423 cm³/mol. The zero-order valence-corrected chi connectivity index (χ0v) is 71.8. The molecular weight excluding hydrogens is 1750 g/mol. The SMILES string of the molecule is CC(=O)NC1C(OC2C3COC(O3)C(NC(C)=O)C2OC(C)C(=O)NC(C)C(=O)NC(CCC(=O)NC(CSCC(NC(=O)C(C)NC(=O)C(CSCC(N)C(=O)O)NC(=O)CCC(NC(=O)C(C)NC(=O)C(C)OC2C(NC(C)=O)C3OCC(O3)C2OC2OC(CO)C(O)C(O)C2NC(C)=O)C(=O)O)C(=O)O)C(=O)NC(C)C(=O)O)C(=O)O)OC(CO)C(O)C1O. The Bertz CT molecular complexity index is 3920. The Kier molecular flexibility index (Phi) is 41.3. The molecule has 0 aliphatic carbocycles. The number of hydrogen-bond acceptors (Lipinski definition) is 37. The molecule has 716 valence electrons. The summed E-state index contributed by atoms with van der Waals surface area (Å²) < 4.78 is 59.6. The lowest BCUT2D eigenvalue weighted by Crippen LogP contribution is -2.68. The van der Waals surface area contributed by atoms with E-state index in [0.29, 0.717) is 11.8 Å². The van der Waals surface area contributed by atoms with E-state index in [0.717, 1.165) is 67.2 Å². The first-order valence-electron chi connectivity index (χ1n) is 39.8. The van der Waals surface area contributed by atoms with Crippen molar-refractivity contribution in [1.82, 2.24) is 69.1 Å². The van der Waals surface area contributed by atoms with Crippen LogP contribution >= 0.6 is 23.5 Å². The Morgan fingerprint density at radius 1 is 0.370 bits per heavy atom. The quantitative estimate of drug-likeness (QED) is 0.0269. The van der Waals surface area contributed by atoms with Gasteiger partial charge in [0.15, 0.2) is 25.2 Å². The van der Waals surface area contributed by atoms with E-state index >= 15 is 0 Å². The van der Waals surface area contributed by atoms with Crippen molar-refractivity contribution in [1.29, 1.82) is 0 Å². The van der Waals surface area contributed by atoms with Crippen LogP contribution < -0.4 is 74.9 Å². The summed E-state index contributed by atoms with van der Waals surface area (Å²) in [4.78, 5) is 233. The van der Waals surface area contributed by atoms with Crippen LogP contribution in [-0.2, 0) is 134 Å². The van der Waals surface area contributed by atoms with Gasteiger partial charge >= 0.3 is 29.8 Å². The number of aliphatic hydroxyl groups excluding tert-OH is 6. The molecule has 55 heteroatoms. The van der Waals surface area contributed by atoms with Crippen LogP contribution in [0.3, 0.4) is 0 Å². The Morgan fingerprint density at radius 3 is 1.02 bits per heavy atom. The minimum Gasteiger partial charge on any atom is -0.480 e. The summed E-state index contributed by atoms with van der Waals surface area (Å²) in [5, 5.41) is 143. The average Bonchev–Trinajstić information content (AvgIpc) is 1.67. The molecule has 4 bridgehead atoms. The standard InChI is InChI=1S/C72H112N14O39S2/c1-23(74-60(102)27(5)118-55-47(80-31(9)91)69-116-17-41(122-69)53(55)124-71-45(78-29(7)89)51(97)49(95)39(15-87)120-71)57(99)84-34(66(110)111)11-13-43(93)82-36(20-126-19-33(73)65(108)109)62(104)76-25(3)59(101)86-38(68(114)115)22-127-21-37(63(105)77-26(4)64(106)107)83-44(94)14-12-35(67(112)113)85-58(100)24(2)75-61(103)28(6)119-56-48(81-32(10)92)70-117-18-42(123-70)54(56)125-72-46(79-30(8)90)52(98)50(96)40(16-88)121-72/h23-28,33-42,45-56,69-72,87-88,95-98H,11-22,73H2,1-10H3,(H,74,102)(H,75,103)(H,76,104)(H,77,105)(H,78,89)(H,79,90)(H,80,91)(H,81,92)(H,82,93)(H,83,94)(H,84,99)(H,85,100)(H,86,101)(H,106,107)(H,108,109)(H,110,111)(H,112,113)(H,114,115). The topological polar surface area (TPSA) is 805 Å². The van der Waals surface area contributed by atoms with Gasteiger partial charge in [-0.3, -0.25) is 71.9 Å². The van der Waals surface area contributed by atoms with Crippen molar-refractivity contribution in [3.63, 3.8) is 0 Å². The van der Waals surface area contributed by atoms with Gasteiger partial charge in [0.2, 0.25) is 76.8 Å². The second-order valence-corrected chi connectivity index (χ2v) is 32.7. The molecule has 26 N–H and O–H groups in total. The van der Waals surface area contributed by atoms with Crippen LogP contribution in [0, 0.1) is 0 Å². The van der Waals surface area contributed by atoms with Crippen LogP contribution in [0.1, 0.15) is 94.9 Å². The van der Waals surface area contributed by atoms with Gasteiger partial charge in [-0.1, -0.05) is 0 Å². The molecular formula is C72H112N14O39S2. The van der Waals surface area contributed by atoms with Crippen molar-refractivity contribution in [3.8, 4) is 0 Å². The fourth-order valence-electron chi connectivity index (χ4n) is 13.5. The molecule has 13 amide bonds. The second-order valence-electron chi connectivity index (χ2n) is 30.6. The highest BCUT2D eigenvalue weighted by Crippen LogP contribution is 2.38. The number of aliphatic carboxylic acids is 5. The molecule has 6 aliphatic rings. The van der Waals surface area contributed by atoms with Crippen LogP contribution in [0.15, 0.2) is 0 Å². The normalized spacial score (nSPS) is 29.3. The number of aliphatic hydroxyl groups is 6. The molecule has 127 heavy (non-hydrogen) atoms. The first kappa shape index (κ1) is 106. The maximum atomic E-state index is 13.9. The molecule has 0 aromatic carbocycles. The Balaban J connectivity index is 1.03. The third kappa shape index (κ3) is 30.8. The molecule has 0 spiro atoms. The van der Waals surface area contributed by atoms with E-state index in [2.05, 4.69) is 69.1 Å². The number of fused-ring (bicyclic) bond motifs is 4. The maximum absolute atomic E-state index is 13.9. The van der Waals surface area contributed by atoms with Gasteiger partial charge in [0.25, 0.3) is 0 Å². The number of rotatable bonds is 49. The van der Waals surface area contributed by atoms with E-state index in [1.54, 1.807) is 0 Å². The van der Waals surface area contributed by atoms with E-state index in [4.69, 9.17) is 53.1 Å². The lowest BCUT2D eigenvalue weighted by molar-refractivity contribution is -0.313. The minimum absolute atomic E-state index is 0.191. The van der Waals surface area contributed by atoms with Crippen LogP contribution in [0.5, 0.6) is 0 Å². The smallest absolute Gasteiger partial charge is 0.327 e. The second kappa shape index (κ2) is 49.3. The number of carbonyl (C=O) groups is 18. The molecule has 6 aliphatic heterocycles. The number of hydrogen-bond donors (Lipinski definition) is 25. The van der Waals surface area contributed by atoms with Crippen molar-refractivity contribution in [3.05, 3.63) is 0 Å². The molecule has 6 rings (SSSR count). The van der Waals surface area contributed by atoms with E-state index in [-0.39, 0.29) is 19.0 Å². The van der Waals surface area contributed by atoms with E-state index < -0.39 is 358 Å². The first-order chi connectivity index (χ1) is 59.5. The number of amides is 13. The lowest BCUT2D eigenvalue weighted by Gasteiger charge is -2.47. The molecule has 0 saturated carbocycles. The number of carbonyl (C=O) groups excluding carboxylic acids is 13. The number of nitrogens with two attached hydrogens (primary N) is 1. The highest BCUT2D eigenvalue weighted by molar-refractivity contribution is 7.99. The fraction of sp³-hybridized carbons (Fsp3) is 0.750. The molecule has 6 heterocycles. The molecule has 53 nitrogen and oxygen atoms in total. The van der Waals surface area contributed by atoms with Crippen molar-refractivity contribution < 1.29 is 190 Å². The maximum Gasteiger partial charge on any atom is 0.327 e. The van der Waals surface area contributed by atoms with Gasteiger partial charge in [-0.2, -0.15) is 23.5 Å². The van der Waals surface area contributed by atoms with Crippen LogP contribution in [0.4, 0.5) is 0 Å². The monoisotopic (exact) mass is 1860 g/mol. The minimum atomic E-state index is -1.89. The molecule has 6 fully saturated rings. The summed E-state index contributed by atoms with van der Waals surface area (Å²) in [5.74, 6) is -22.7. The number of carboxylic acid groups (broad SMARTS) is 5. The third-order valence-corrected chi connectivity index (χ3v) is 22.6. The number of carboxylic acids is 5. The van der Waals surface area contributed by atoms with Crippen LogP contribution in [-0.4, -0.2) is 407 Å². The van der Waals surface area contributed by atoms with E-state index in [9.17, 15) is 142 Å². The van der Waals surface area contributed by atoms with Gasteiger partial charge in [0.05, 0.1) is 26.4 Å². The number of ether oxygens (including phenoxy) is 10. The highest BCUT2D eigenvalue weighted by Gasteiger charge is 2.59. The summed E-state index contributed by atoms with van der Waals surface area (Å²) in [6.07, 6.45) is -29.2. The summed E-state index contributed by atoms with van der Waals surface area (Å²) in [6, 6.07) is -22.4. The highest BCUT2D eigenvalue weighted by atomic mass is 32.2. The third-order valence-electron chi connectivity index (χ3n) is 20.3. The lowest BCUT2D eigenvalue weighted by atomic mass is 9.95. The van der Waals surface area contributed by atoms with Crippen molar-refractivity contribution >= 4 is 130 Å². The summed E-state index contributed by atoms with van der Waals surface area (Å²) in [7, 11) is 0. The molecule has 32 unspecified atom stereocenters. The predicted octanol–water partition coefficient (Wildman–Crippen LogP) is -13.1. The number of nitrogens with one attached hydrogen (secondary N) is 13. The molecule has 32 atom stereocenters. The Morgan fingerprint density at radius 2 is 0.693 bits per heavy atom. The molecule has 6 saturated heterocycles. The van der Waals surface area contributed by atoms with Crippen molar-refractivity contribution in [2.75, 3.05) is 49.4 Å². The van der Waals surface area contributed by atoms with Crippen LogP contribution in [0.2, 0.25) is 0 Å². The van der Waals surface area contributed by atoms with E-state index in [1.165, 1.54) is 13.8 Å². The van der Waals surface area contributed by atoms with Gasteiger partial charge < -0.3 is 178 Å². The Labute approximate surface area is 731 Å². The summed E-state index contributed by atoms with van der Waals surface area (Å²) in [5.41, 5.74) is 5.64. The molecule has 0 radical (unpaired) electrons. The van der Waals surface area contributed by atoms with Gasteiger partial charge in [-0.25, -0.2) is 14.4 Å². The van der Waals surface area contributed by atoms with Crippen molar-refractivity contribution in [2.45, 2.75) is 290 Å². The fourth-order valence-corrected chi connectivity index (χ4v) is 15.6. The van der Waals surface area contributed by atoms with Gasteiger partial charge in [-0.05, 0) is 54.4 Å². The molecule has 0 aromatic heterocycles. The Hall–Kier alpha value is -9.52. The zero-order chi connectivity index (χ0) is 95.0. The first-order valence-corrected chi connectivity index (χ1v) is 42.1. The largest absolute Gasteiger partial charge is 0.480 e. The van der Waals surface area contributed by atoms with Gasteiger partial charge in [0, 0.05) is 63.5 Å². The van der Waals surface area contributed by atoms with Gasteiger partial charge in [-0.15, -0.1) is 0 Å². The summed E-state index contributed by atoms with van der Waals surface area (Å²) in [6.45, 7) is 9.32. The zero-order valence-electron chi connectivity index (χ0n) is 70.2. The van der Waals surface area contributed by atoms with Crippen LogP contribution in [0.25, 0.3) is 0 Å². The summed E-state index contributed by atoms with van der Waals surface area (Å²) >= 11 is 1.32. The van der Waals surface area contributed by atoms with Crippen molar-refractivity contribution in [2.24, 2.45) is 5.73 Å². The average molecular weight is 1860 g/mol. The number of thioether (sulfide) groups is 2. The van der Waals surface area contributed by atoms with E-state index in [1.807, 2.05) is 0 Å². The molecule has 0 aromatic rings. The van der Waals surface area contributed by atoms with Gasteiger partial charge in [0.1, 0.15) is 170 Å².